The molecule has 0 aromatic heterocycles. The summed E-state index contributed by atoms with van der Waals surface area (Å²) < 4.78 is 14.7. The number of nitrogens with zero attached hydrogens (tertiary/aromatic N) is 2. The van der Waals surface area contributed by atoms with E-state index in [0.29, 0.717) is 17.9 Å². The van der Waals surface area contributed by atoms with Gasteiger partial charge < -0.3 is 0 Å². The van der Waals surface area contributed by atoms with E-state index in [-0.39, 0.29) is 6.04 Å². The van der Waals surface area contributed by atoms with Gasteiger partial charge in [-0.25, -0.2) is 4.21 Å². The highest BCUT2D eigenvalue weighted by atomic mass is 32.2. The molecule has 0 radical (unpaired) electrons. The van der Waals surface area contributed by atoms with Crippen LogP contribution in [0.5, 0.6) is 0 Å². The molecule has 3 unspecified atom stereocenters. The first kappa shape index (κ1) is 15.7. The highest BCUT2D eigenvalue weighted by Gasteiger charge is 2.50. The second kappa shape index (κ2) is 6.37. The van der Waals surface area contributed by atoms with Gasteiger partial charge in [0.05, 0.1) is 11.0 Å². The van der Waals surface area contributed by atoms with Crippen LogP contribution in [-0.2, 0) is 15.8 Å². The fourth-order valence-electron chi connectivity index (χ4n) is 2.86. The summed E-state index contributed by atoms with van der Waals surface area (Å²) in [5, 5.41) is 9.54. The molecule has 1 aromatic carbocycles. The average Bonchev–Trinajstić information content (AvgIpc) is 2.85. The predicted octanol–water partition coefficient (Wildman–Crippen LogP) is 1.59. The normalized spacial score (nSPS) is 27.0. The first-order valence-corrected chi connectivity index (χ1v) is 8.16. The van der Waals surface area contributed by atoms with Crippen LogP contribution in [0.1, 0.15) is 26.7 Å². The van der Waals surface area contributed by atoms with Crippen molar-refractivity contribution in [1.82, 2.24) is 9.62 Å². The molecule has 2 rings (SSSR count). The van der Waals surface area contributed by atoms with Crippen LogP contribution in [-0.4, -0.2) is 33.1 Å². The fourth-order valence-corrected chi connectivity index (χ4v) is 3.72. The summed E-state index contributed by atoms with van der Waals surface area (Å²) >= 11 is 0. The summed E-state index contributed by atoms with van der Waals surface area (Å²) in [6.07, 6.45) is 1.25. The minimum atomic E-state index is -1.64. The van der Waals surface area contributed by atoms with Crippen molar-refractivity contribution < 1.29 is 9.00 Å². The second-order valence-corrected chi connectivity index (χ2v) is 6.37. The Bertz CT molecular complexity index is 584. The number of hydrogen-bond donors (Lipinski definition) is 1. The maximum absolute atomic E-state index is 12.5. The van der Waals surface area contributed by atoms with Gasteiger partial charge >= 0.3 is 0 Å². The van der Waals surface area contributed by atoms with Crippen molar-refractivity contribution in [3.05, 3.63) is 30.3 Å². The molecule has 1 aliphatic heterocycles. The maximum Gasteiger partial charge on any atom is 0.267 e. The highest BCUT2D eigenvalue weighted by Crippen LogP contribution is 2.33. The lowest BCUT2D eigenvalue weighted by atomic mass is 9.97. The van der Waals surface area contributed by atoms with E-state index >= 15 is 0 Å². The molecule has 0 spiro atoms. The van der Waals surface area contributed by atoms with Gasteiger partial charge in [-0.3, -0.25) is 14.4 Å². The monoisotopic (exact) mass is 305 g/mol. The van der Waals surface area contributed by atoms with E-state index < -0.39 is 22.4 Å². The number of nitriles is 1. The van der Waals surface area contributed by atoms with E-state index in [1.54, 1.807) is 24.3 Å². The van der Waals surface area contributed by atoms with Crippen LogP contribution in [0, 0.1) is 11.3 Å². The standard InChI is InChI=1S/C15H19N3O2S/c1-3-18-12(2)9-10-15(18,11-16)14(19)17-21(20)13-7-5-4-6-8-13/h4-8,12H,3,9-10H2,1-2H3,(H,17,19). The van der Waals surface area contributed by atoms with Crippen LogP contribution in [0.15, 0.2) is 35.2 Å². The summed E-state index contributed by atoms with van der Waals surface area (Å²) in [7, 11) is -1.64. The Labute approximate surface area is 127 Å². The molecule has 1 N–H and O–H groups in total. The van der Waals surface area contributed by atoms with Crippen LogP contribution in [0.25, 0.3) is 0 Å². The lowest BCUT2D eigenvalue weighted by Gasteiger charge is -2.32. The molecule has 1 aromatic rings. The van der Waals surface area contributed by atoms with E-state index in [1.165, 1.54) is 0 Å². The van der Waals surface area contributed by atoms with Gasteiger partial charge in [0.25, 0.3) is 5.91 Å². The van der Waals surface area contributed by atoms with Gasteiger partial charge in [0.15, 0.2) is 16.5 Å². The summed E-state index contributed by atoms with van der Waals surface area (Å²) in [5.74, 6) is -0.474. The van der Waals surface area contributed by atoms with Crippen molar-refractivity contribution in [2.75, 3.05) is 6.54 Å². The van der Waals surface area contributed by atoms with Crippen LogP contribution in [0.4, 0.5) is 0 Å². The van der Waals surface area contributed by atoms with E-state index in [1.807, 2.05) is 24.8 Å². The molecule has 1 aliphatic rings. The molecule has 1 saturated heterocycles. The third kappa shape index (κ3) is 2.85. The zero-order chi connectivity index (χ0) is 15.5. The molecule has 21 heavy (non-hydrogen) atoms. The average molecular weight is 305 g/mol. The zero-order valence-corrected chi connectivity index (χ0v) is 13.0. The first-order valence-electron chi connectivity index (χ1n) is 7.01. The lowest BCUT2D eigenvalue weighted by molar-refractivity contribution is -0.127. The van der Waals surface area contributed by atoms with Gasteiger partial charge in [-0.15, -0.1) is 0 Å². The Morgan fingerprint density at radius 1 is 1.52 bits per heavy atom. The van der Waals surface area contributed by atoms with Crippen LogP contribution in [0.2, 0.25) is 0 Å². The Hall–Kier alpha value is -1.71. The Morgan fingerprint density at radius 2 is 2.19 bits per heavy atom. The zero-order valence-electron chi connectivity index (χ0n) is 12.2. The summed E-state index contributed by atoms with van der Waals surface area (Å²) in [5.41, 5.74) is -1.21. The van der Waals surface area contributed by atoms with Gasteiger partial charge in [0.2, 0.25) is 0 Å². The molecule has 6 heteroatoms. The van der Waals surface area contributed by atoms with Gasteiger partial charge in [-0.05, 0) is 38.4 Å². The van der Waals surface area contributed by atoms with Gasteiger partial charge in [0.1, 0.15) is 0 Å². The second-order valence-electron chi connectivity index (χ2n) is 5.16. The third-order valence-electron chi connectivity index (χ3n) is 3.99. The number of hydrogen-bond acceptors (Lipinski definition) is 4. The first-order chi connectivity index (χ1) is 10.0. The van der Waals surface area contributed by atoms with E-state index in [2.05, 4.69) is 10.8 Å². The highest BCUT2D eigenvalue weighted by molar-refractivity contribution is 7.83. The Kier molecular flexibility index (Phi) is 4.76. The molecule has 112 valence electrons. The number of nitrogens with one attached hydrogen (secondary N) is 1. The van der Waals surface area contributed by atoms with Crippen molar-refractivity contribution in [3.8, 4) is 6.07 Å². The number of carbonyl (C=O) groups excluding carboxylic acids is 1. The van der Waals surface area contributed by atoms with E-state index in [9.17, 15) is 14.3 Å². The van der Waals surface area contributed by atoms with Crippen LogP contribution >= 0.6 is 0 Å². The number of rotatable bonds is 4. The quantitative estimate of drug-likeness (QED) is 0.917. The van der Waals surface area contributed by atoms with Crippen molar-refractivity contribution in [1.29, 1.82) is 5.26 Å². The van der Waals surface area contributed by atoms with Crippen LogP contribution < -0.4 is 4.72 Å². The summed E-state index contributed by atoms with van der Waals surface area (Å²) in [4.78, 5) is 14.9. The molecule has 3 atom stereocenters. The fraction of sp³-hybridized carbons (Fsp3) is 0.467. The summed E-state index contributed by atoms with van der Waals surface area (Å²) in [6, 6.07) is 11.0. The topological polar surface area (TPSA) is 73.2 Å². The van der Waals surface area contributed by atoms with Gasteiger partial charge in [-0.1, -0.05) is 25.1 Å². The molecular weight excluding hydrogens is 286 g/mol. The molecule has 0 bridgehead atoms. The predicted molar refractivity (Wildman–Crippen MR) is 80.4 cm³/mol. The molecule has 0 aliphatic carbocycles. The number of likely N-dealkylation sites (tertiary alicyclic amines) is 1. The molecule has 1 heterocycles. The Balaban J connectivity index is 2.19. The van der Waals surface area contributed by atoms with E-state index in [0.717, 1.165) is 6.42 Å². The van der Waals surface area contributed by atoms with Crippen molar-refractivity contribution in [3.63, 3.8) is 0 Å². The Morgan fingerprint density at radius 3 is 2.76 bits per heavy atom. The smallest absolute Gasteiger partial charge is 0.267 e. The van der Waals surface area contributed by atoms with Crippen LogP contribution in [0.3, 0.4) is 0 Å². The molecule has 1 fully saturated rings. The molecule has 1 amide bonds. The minimum Gasteiger partial charge on any atom is -0.275 e. The van der Waals surface area contributed by atoms with Crippen molar-refractivity contribution in [2.24, 2.45) is 0 Å². The molecule has 0 saturated carbocycles. The SMILES string of the molecule is CCN1C(C)CCC1(C#N)C(=O)NS(=O)c1ccccc1. The lowest BCUT2D eigenvalue weighted by Crippen LogP contribution is -2.56. The number of carbonyl (C=O) groups is 1. The van der Waals surface area contributed by atoms with Crippen molar-refractivity contribution >= 4 is 16.9 Å². The third-order valence-corrected chi connectivity index (χ3v) is 5.06. The summed E-state index contributed by atoms with van der Waals surface area (Å²) in [6.45, 7) is 4.54. The number of likely N-dealkylation sites (N-methyl/N-ethyl adjacent to an activating group) is 1. The minimum absolute atomic E-state index is 0.172. The van der Waals surface area contributed by atoms with Gasteiger partial charge in [-0.2, -0.15) is 5.26 Å². The number of benzene rings is 1. The van der Waals surface area contributed by atoms with Crippen molar-refractivity contribution in [2.45, 2.75) is 43.2 Å². The molecule has 5 nitrogen and oxygen atoms in total. The van der Waals surface area contributed by atoms with Gasteiger partial charge in [0, 0.05) is 6.04 Å². The molecular formula is C15H19N3O2S. The number of amides is 1. The van der Waals surface area contributed by atoms with E-state index in [4.69, 9.17) is 0 Å². The maximum atomic E-state index is 12.5. The largest absolute Gasteiger partial charge is 0.275 e.